The molecule has 0 spiro atoms. The van der Waals surface area contributed by atoms with Crippen molar-refractivity contribution in [3.63, 3.8) is 0 Å². The molecular weight excluding hydrogens is 294 g/mol. The van der Waals surface area contributed by atoms with Gasteiger partial charge in [0.15, 0.2) is 0 Å². The highest BCUT2D eigenvalue weighted by atomic mass is 79.9. The van der Waals surface area contributed by atoms with Crippen LogP contribution in [0.15, 0.2) is 16.7 Å². The summed E-state index contributed by atoms with van der Waals surface area (Å²) in [6.07, 6.45) is 1.68. The van der Waals surface area contributed by atoms with E-state index in [0.29, 0.717) is 23.8 Å². The lowest BCUT2D eigenvalue weighted by Gasteiger charge is -2.23. The fourth-order valence-corrected chi connectivity index (χ4v) is 2.10. The monoisotopic (exact) mass is 313 g/mol. The Hall–Kier alpha value is -1.10. The maximum Gasteiger partial charge on any atom is 0.257 e. The minimum Gasteiger partial charge on any atom is -0.372 e. The molecule has 0 atom stereocenters. The van der Waals surface area contributed by atoms with Crippen molar-refractivity contribution in [1.82, 2.24) is 9.88 Å². The third kappa shape index (κ3) is 3.70. The van der Waals surface area contributed by atoms with Crippen molar-refractivity contribution in [2.24, 2.45) is 5.92 Å². The van der Waals surface area contributed by atoms with Crippen LogP contribution in [0.2, 0.25) is 0 Å². The highest BCUT2D eigenvalue weighted by molar-refractivity contribution is 9.10. The van der Waals surface area contributed by atoms with Crippen molar-refractivity contribution < 1.29 is 4.79 Å². The Balaban J connectivity index is 3.04. The SMILES string of the molecule is CCN(CC(C)C)C(=O)c1cc(Br)cnc1NC. The molecule has 1 N–H and O–H groups in total. The van der Waals surface area contributed by atoms with E-state index in [4.69, 9.17) is 0 Å². The summed E-state index contributed by atoms with van der Waals surface area (Å²) in [6, 6.07) is 1.81. The summed E-state index contributed by atoms with van der Waals surface area (Å²) >= 11 is 3.35. The van der Waals surface area contributed by atoms with E-state index in [1.807, 2.05) is 17.9 Å². The van der Waals surface area contributed by atoms with Gasteiger partial charge in [0.05, 0.1) is 5.56 Å². The Morgan fingerprint density at radius 2 is 2.22 bits per heavy atom. The number of nitrogens with zero attached hydrogens (tertiary/aromatic N) is 2. The molecule has 0 radical (unpaired) electrons. The molecule has 0 aliphatic carbocycles. The number of hydrogen-bond donors (Lipinski definition) is 1. The zero-order valence-electron chi connectivity index (χ0n) is 11.3. The number of hydrogen-bond acceptors (Lipinski definition) is 3. The van der Waals surface area contributed by atoms with E-state index in [1.54, 1.807) is 13.2 Å². The average Bonchev–Trinajstić information content (AvgIpc) is 2.34. The fraction of sp³-hybridized carbons (Fsp3) is 0.538. The van der Waals surface area contributed by atoms with Gasteiger partial charge in [0.1, 0.15) is 5.82 Å². The van der Waals surface area contributed by atoms with Crippen LogP contribution in [-0.2, 0) is 0 Å². The topological polar surface area (TPSA) is 45.2 Å². The van der Waals surface area contributed by atoms with Crippen molar-refractivity contribution >= 4 is 27.7 Å². The van der Waals surface area contributed by atoms with Gasteiger partial charge in [-0.25, -0.2) is 4.98 Å². The van der Waals surface area contributed by atoms with E-state index in [-0.39, 0.29) is 5.91 Å². The molecule has 1 amide bonds. The van der Waals surface area contributed by atoms with Gasteiger partial charge in [-0.1, -0.05) is 13.8 Å². The van der Waals surface area contributed by atoms with Crippen LogP contribution < -0.4 is 5.32 Å². The molecule has 1 aromatic heterocycles. The van der Waals surface area contributed by atoms with Crippen molar-refractivity contribution in [2.75, 3.05) is 25.5 Å². The van der Waals surface area contributed by atoms with Crippen LogP contribution in [0.5, 0.6) is 0 Å². The predicted octanol–water partition coefficient (Wildman–Crippen LogP) is 3.00. The molecule has 5 heteroatoms. The van der Waals surface area contributed by atoms with Gasteiger partial charge in [-0.05, 0) is 34.8 Å². The number of pyridine rings is 1. The summed E-state index contributed by atoms with van der Waals surface area (Å²) in [5.41, 5.74) is 0.606. The second-order valence-corrected chi connectivity index (χ2v) is 5.45. The zero-order valence-corrected chi connectivity index (χ0v) is 12.9. The molecule has 1 heterocycles. The summed E-state index contributed by atoms with van der Waals surface area (Å²) in [5, 5.41) is 2.96. The van der Waals surface area contributed by atoms with Crippen LogP contribution in [0, 0.1) is 5.92 Å². The summed E-state index contributed by atoms with van der Waals surface area (Å²) < 4.78 is 0.811. The molecule has 0 bridgehead atoms. The maximum atomic E-state index is 12.5. The number of carbonyl (C=O) groups excluding carboxylic acids is 1. The lowest BCUT2D eigenvalue weighted by atomic mass is 10.1. The number of amides is 1. The molecule has 0 unspecified atom stereocenters. The molecule has 0 saturated carbocycles. The number of aromatic nitrogens is 1. The van der Waals surface area contributed by atoms with Gasteiger partial charge in [-0.15, -0.1) is 0 Å². The van der Waals surface area contributed by atoms with Crippen LogP contribution in [0.25, 0.3) is 0 Å². The largest absolute Gasteiger partial charge is 0.372 e. The van der Waals surface area contributed by atoms with Crippen LogP contribution in [0.4, 0.5) is 5.82 Å². The number of rotatable bonds is 5. The number of nitrogens with one attached hydrogen (secondary N) is 1. The first-order valence-electron chi connectivity index (χ1n) is 6.12. The van der Waals surface area contributed by atoms with Crippen LogP contribution >= 0.6 is 15.9 Å². The minimum atomic E-state index is 0.0179. The minimum absolute atomic E-state index is 0.0179. The van der Waals surface area contributed by atoms with E-state index in [2.05, 4.69) is 40.1 Å². The normalized spacial score (nSPS) is 10.6. The molecule has 0 aliphatic heterocycles. The average molecular weight is 314 g/mol. The summed E-state index contributed by atoms with van der Waals surface area (Å²) in [6.45, 7) is 7.66. The van der Waals surface area contributed by atoms with Crippen LogP contribution in [0.1, 0.15) is 31.1 Å². The number of halogens is 1. The summed E-state index contributed by atoms with van der Waals surface area (Å²) in [5.74, 6) is 1.09. The lowest BCUT2D eigenvalue weighted by molar-refractivity contribution is 0.0746. The third-order valence-electron chi connectivity index (χ3n) is 2.58. The van der Waals surface area contributed by atoms with E-state index < -0.39 is 0 Å². The standard InChI is InChI=1S/C13H20BrN3O/c1-5-17(8-9(2)3)13(18)11-6-10(14)7-16-12(11)15-4/h6-7,9H,5,8H2,1-4H3,(H,15,16). The first-order valence-corrected chi connectivity index (χ1v) is 6.91. The first kappa shape index (κ1) is 15.0. The molecule has 0 aliphatic rings. The smallest absolute Gasteiger partial charge is 0.257 e. The van der Waals surface area contributed by atoms with Gasteiger partial charge in [-0.3, -0.25) is 4.79 Å². The third-order valence-corrected chi connectivity index (χ3v) is 3.01. The maximum absolute atomic E-state index is 12.5. The van der Waals surface area contributed by atoms with Gasteiger partial charge >= 0.3 is 0 Å². The van der Waals surface area contributed by atoms with Gasteiger partial charge in [0.2, 0.25) is 0 Å². The number of anilines is 1. The van der Waals surface area contributed by atoms with Gasteiger partial charge in [-0.2, -0.15) is 0 Å². The van der Waals surface area contributed by atoms with Gasteiger partial charge < -0.3 is 10.2 Å². The predicted molar refractivity (Wildman–Crippen MR) is 77.9 cm³/mol. The molecule has 100 valence electrons. The van der Waals surface area contributed by atoms with E-state index in [9.17, 15) is 4.79 Å². The molecule has 4 nitrogen and oxygen atoms in total. The second kappa shape index (κ2) is 6.73. The highest BCUT2D eigenvalue weighted by Gasteiger charge is 2.19. The number of carbonyl (C=O) groups is 1. The van der Waals surface area contributed by atoms with Crippen molar-refractivity contribution in [1.29, 1.82) is 0 Å². The van der Waals surface area contributed by atoms with Gasteiger partial charge in [0, 0.05) is 30.8 Å². The quantitative estimate of drug-likeness (QED) is 0.909. The van der Waals surface area contributed by atoms with Gasteiger partial charge in [0.25, 0.3) is 5.91 Å². The summed E-state index contributed by atoms with van der Waals surface area (Å²) in [7, 11) is 1.77. The lowest BCUT2D eigenvalue weighted by Crippen LogP contribution is -2.34. The Morgan fingerprint density at radius 3 is 2.72 bits per heavy atom. The Morgan fingerprint density at radius 1 is 1.56 bits per heavy atom. The molecule has 0 aromatic carbocycles. The van der Waals surface area contributed by atoms with Crippen molar-refractivity contribution in [3.8, 4) is 0 Å². The Kier molecular flexibility index (Phi) is 5.59. The van der Waals surface area contributed by atoms with Crippen molar-refractivity contribution in [2.45, 2.75) is 20.8 Å². The molecule has 18 heavy (non-hydrogen) atoms. The van der Waals surface area contributed by atoms with E-state index >= 15 is 0 Å². The van der Waals surface area contributed by atoms with Crippen LogP contribution in [-0.4, -0.2) is 35.9 Å². The molecule has 0 saturated heterocycles. The zero-order chi connectivity index (χ0) is 13.7. The van der Waals surface area contributed by atoms with E-state index in [0.717, 1.165) is 11.0 Å². The summed E-state index contributed by atoms with van der Waals surface area (Å²) in [4.78, 5) is 18.5. The second-order valence-electron chi connectivity index (χ2n) is 4.54. The molecule has 1 aromatic rings. The van der Waals surface area contributed by atoms with Crippen molar-refractivity contribution in [3.05, 3.63) is 22.3 Å². The fourth-order valence-electron chi connectivity index (χ4n) is 1.77. The Bertz CT molecular complexity index is 421. The van der Waals surface area contributed by atoms with E-state index in [1.165, 1.54) is 0 Å². The highest BCUT2D eigenvalue weighted by Crippen LogP contribution is 2.19. The molecule has 1 rings (SSSR count). The molecule has 0 fully saturated rings. The Labute approximate surface area is 117 Å². The van der Waals surface area contributed by atoms with Crippen LogP contribution in [0.3, 0.4) is 0 Å². The first-order chi connectivity index (χ1) is 8.49. The molecular formula is C13H20BrN3O.